The molecule has 1 aliphatic heterocycles. The Hall–Kier alpha value is -2.55. The summed E-state index contributed by atoms with van der Waals surface area (Å²) in [7, 11) is 0. The van der Waals surface area contributed by atoms with Gasteiger partial charge in [0, 0.05) is 23.4 Å². The summed E-state index contributed by atoms with van der Waals surface area (Å²) in [5.74, 6) is 1.61. The highest BCUT2D eigenvalue weighted by Gasteiger charge is 2.24. The highest BCUT2D eigenvalue weighted by atomic mass is 16.7. The maximum absolute atomic E-state index is 5.49. The maximum Gasteiger partial charge on any atom is 0.231 e. The van der Waals surface area contributed by atoms with E-state index in [1.807, 2.05) is 6.07 Å². The van der Waals surface area contributed by atoms with Crippen molar-refractivity contribution in [3.63, 3.8) is 0 Å². The molecule has 0 saturated heterocycles. The summed E-state index contributed by atoms with van der Waals surface area (Å²) in [5.41, 5.74) is 7.35. The zero-order valence-corrected chi connectivity index (χ0v) is 11.6. The molecule has 0 fully saturated rings. The van der Waals surface area contributed by atoms with Crippen LogP contribution in [0.4, 0.5) is 0 Å². The third kappa shape index (κ3) is 1.40. The summed E-state index contributed by atoms with van der Waals surface area (Å²) < 4.78 is 11.0. The van der Waals surface area contributed by atoms with E-state index in [1.54, 1.807) is 0 Å². The molecule has 5 rings (SSSR count). The predicted molar refractivity (Wildman–Crippen MR) is 80.8 cm³/mol. The molecule has 2 aliphatic rings. The van der Waals surface area contributed by atoms with Crippen LogP contribution in [-0.4, -0.2) is 11.8 Å². The Morgan fingerprint density at radius 2 is 1.86 bits per heavy atom. The molecule has 1 aliphatic carbocycles. The SMILES string of the molecule is Cc1c2c(nc3cc4c(cc13)OCO4)-c1ccccc1C2. The van der Waals surface area contributed by atoms with E-state index >= 15 is 0 Å². The third-order valence-electron chi connectivity index (χ3n) is 4.51. The van der Waals surface area contributed by atoms with E-state index < -0.39 is 0 Å². The Balaban J connectivity index is 1.86. The first-order chi connectivity index (χ1) is 10.3. The second kappa shape index (κ2) is 3.76. The lowest BCUT2D eigenvalue weighted by Crippen LogP contribution is -1.93. The van der Waals surface area contributed by atoms with Gasteiger partial charge in [-0.3, -0.25) is 0 Å². The molecule has 0 atom stereocenters. The van der Waals surface area contributed by atoms with Gasteiger partial charge in [0.25, 0.3) is 0 Å². The van der Waals surface area contributed by atoms with E-state index in [9.17, 15) is 0 Å². The van der Waals surface area contributed by atoms with E-state index in [1.165, 1.54) is 22.3 Å². The largest absolute Gasteiger partial charge is 0.454 e. The fourth-order valence-electron chi connectivity index (χ4n) is 3.39. The van der Waals surface area contributed by atoms with Crippen LogP contribution in [0.25, 0.3) is 22.2 Å². The molecule has 2 heterocycles. The van der Waals surface area contributed by atoms with Crippen molar-refractivity contribution in [1.29, 1.82) is 0 Å². The fourth-order valence-corrected chi connectivity index (χ4v) is 3.39. The van der Waals surface area contributed by atoms with Crippen molar-refractivity contribution in [2.75, 3.05) is 6.79 Å². The van der Waals surface area contributed by atoms with Crippen LogP contribution in [0.3, 0.4) is 0 Å². The molecule has 21 heavy (non-hydrogen) atoms. The van der Waals surface area contributed by atoms with Crippen LogP contribution in [0.1, 0.15) is 16.7 Å². The molecule has 3 heteroatoms. The Kier molecular flexibility index (Phi) is 1.99. The molecule has 102 valence electrons. The second-order valence-electron chi connectivity index (χ2n) is 5.62. The molecule has 3 aromatic rings. The van der Waals surface area contributed by atoms with Crippen molar-refractivity contribution in [3.8, 4) is 22.8 Å². The zero-order chi connectivity index (χ0) is 14.0. The highest BCUT2D eigenvalue weighted by Crippen LogP contribution is 2.42. The average molecular weight is 275 g/mol. The van der Waals surface area contributed by atoms with Gasteiger partial charge in [-0.25, -0.2) is 4.98 Å². The molecule has 0 bridgehead atoms. The first kappa shape index (κ1) is 11.1. The standard InChI is InChI=1S/C18H13NO2/c1-10-13-7-16-17(21-9-20-16)8-15(13)19-18-12-5-3-2-4-11(12)6-14(10)18/h2-5,7-8H,6,9H2,1H3. The number of hydrogen-bond acceptors (Lipinski definition) is 3. The van der Waals surface area contributed by atoms with E-state index in [-0.39, 0.29) is 0 Å². The predicted octanol–water partition coefficient (Wildman–Crippen LogP) is 3.84. The lowest BCUT2D eigenvalue weighted by atomic mass is 10.0. The van der Waals surface area contributed by atoms with E-state index in [0.717, 1.165) is 34.5 Å². The summed E-state index contributed by atoms with van der Waals surface area (Å²) in [6.07, 6.45) is 0.967. The second-order valence-corrected chi connectivity index (χ2v) is 5.62. The molecule has 0 radical (unpaired) electrons. The molecule has 0 saturated carbocycles. The lowest BCUT2D eigenvalue weighted by molar-refractivity contribution is 0.174. The van der Waals surface area contributed by atoms with Crippen LogP contribution in [0, 0.1) is 6.92 Å². The maximum atomic E-state index is 5.49. The van der Waals surface area contributed by atoms with Gasteiger partial charge in [0.15, 0.2) is 11.5 Å². The van der Waals surface area contributed by atoms with Crippen LogP contribution in [0.5, 0.6) is 11.5 Å². The normalized spacial score (nSPS) is 14.3. The van der Waals surface area contributed by atoms with Crippen molar-refractivity contribution in [1.82, 2.24) is 4.98 Å². The van der Waals surface area contributed by atoms with Crippen molar-refractivity contribution < 1.29 is 9.47 Å². The Morgan fingerprint density at radius 3 is 2.76 bits per heavy atom. The van der Waals surface area contributed by atoms with Crippen LogP contribution < -0.4 is 9.47 Å². The van der Waals surface area contributed by atoms with Crippen LogP contribution in [0.15, 0.2) is 36.4 Å². The van der Waals surface area contributed by atoms with Gasteiger partial charge in [-0.2, -0.15) is 0 Å². The third-order valence-corrected chi connectivity index (χ3v) is 4.51. The number of aryl methyl sites for hydroxylation is 1. The number of ether oxygens (including phenoxy) is 2. The van der Waals surface area contributed by atoms with Crippen molar-refractivity contribution in [2.24, 2.45) is 0 Å². The van der Waals surface area contributed by atoms with Gasteiger partial charge in [-0.15, -0.1) is 0 Å². The van der Waals surface area contributed by atoms with Gasteiger partial charge < -0.3 is 9.47 Å². The Labute approximate surface area is 122 Å². The molecule has 2 aromatic carbocycles. The number of rotatable bonds is 0. The molecule has 1 aromatic heterocycles. The van der Waals surface area contributed by atoms with Gasteiger partial charge in [0.05, 0.1) is 11.2 Å². The average Bonchev–Trinajstić information content (AvgIpc) is 3.10. The molecule has 3 nitrogen and oxygen atoms in total. The van der Waals surface area contributed by atoms with Gasteiger partial charge in [-0.05, 0) is 29.7 Å². The zero-order valence-electron chi connectivity index (χ0n) is 11.6. The first-order valence-corrected chi connectivity index (χ1v) is 7.12. The molecule has 0 N–H and O–H groups in total. The topological polar surface area (TPSA) is 31.4 Å². The van der Waals surface area contributed by atoms with Crippen molar-refractivity contribution in [3.05, 3.63) is 53.1 Å². The van der Waals surface area contributed by atoms with Crippen molar-refractivity contribution in [2.45, 2.75) is 13.3 Å². The van der Waals surface area contributed by atoms with E-state index in [4.69, 9.17) is 14.5 Å². The fraction of sp³-hybridized carbons (Fsp3) is 0.167. The smallest absolute Gasteiger partial charge is 0.231 e. The van der Waals surface area contributed by atoms with Gasteiger partial charge >= 0.3 is 0 Å². The van der Waals surface area contributed by atoms with Crippen molar-refractivity contribution >= 4 is 10.9 Å². The van der Waals surface area contributed by atoms with Crippen LogP contribution >= 0.6 is 0 Å². The van der Waals surface area contributed by atoms with E-state index in [0.29, 0.717) is 6.79 Å². The lowest BCUT2D eigenvalue weighted by Gasteiger charge is -2.09. The number of benzene rings is 2. The molecule has 0 unspecified atom stereocenters. The first-order valence-electron chi connectivity index (χ1n) is 7.12. The molecule has 0 amide bonds. The molecular formula is C18H13NO2. The molecule has 0 spiro atoms. The number of pyridine rings is 1. The van der Waals surface area contributed by atoms with Gasteiger partial charge in [0.2, 0.25) is 6.79 Å². The minimum Gasteiger partial charge on any atom is -0.454 e. The monoisotopic (exact) mass is 275 g/mol. The Morgan fingerprint density at radius 1 is 1.05 bits per heavy atom. The summed E-state index contributed by atoms with van der Waals surface area (Å²) in [4.78, 5) is 4.90. The van der Waals surface area contributed by atoms with E-state index in [2.05, 4.69) is 37.3 Å². The van der Waals surface area contributed by atoms with Gasteiger partial charge in [0.1, 0.15) is 0 Å². The Bertz CT molecular complexity index is 915. The number of hydrogen-bond donors (Lipinski definition) is 0. The van der Waals surface area contributed by atoms with Crippen LogP contribution in [0.2, 0.25) is 0 Å². The minimum atomic E-state index is 0.299. The highest BCUT2D eigenvalue weighted by molar-refractivity contribution is 5.91. The minimum absolute atomic E-state index is 0.299. The molecular weight excluding hydrogens is 262 g/mol. The number of fused-ring (bicyclic) bond motifs is 5. The summed E-state index contributed by atoms with van der Waals surface area (Å²) in [6.45, 7) is 2.48. The summed E-state index contributed by atoms with van der Waals surface area (Å²) in [5, 5.41) is 1.16. The van der Waals surface area contributed by atoms with Gasteiger partial charge in [-0.1, -0.05) is 24.3 Å². The number of nitrogens with zero attached hydrogens (tertiary/aromatic N) is 1. The summed E-state index contributed by atoms with van der Waals surface area (Å²) >= 11 is 0. The quantitative estimate of drug-likeness (QED) is 0.488. The van der Waals surface area contributed by atoms with Crippen LogP contribution in [-0.2, 0) is 6.42 Å². The number of aromatic nitrogens is 1. The summed E-state index contributed by atoms with van der Waals surface area (Å²) in [6, 6.07) is 12.6.